The minimum atomic E-state index is -4.96. The van der Waals surface area contributed by atoms with Crippen LogP contribution in [0, 0.1) is 5.82 Å². The smallest absolute Gasteiger partial charge is 0.481 e. The molecule has 0 radical (unpaired) electrons. The number of carbonyl (C=O) groups excluding carboxylic acids is 1. The highest BCUT2D eigenvalue weighted by molar-refractivity contribution is 5.95. The summed E-state index contributed by atoms with van der Waals surface area (Å²) in [6.45, 7) is -0.280. The van der Waals surface area contributed by atoms with E-state index in [1.54, 1.807) is 0 Å². The molecule has 0 aliphatic heterocycles. The van der Waals surface area contributed by atoms with Crippen LogP contribution >= 0.6 is 0 Å². The first-order valence-corrected chi connectivity index (χ1v) is 5.24. The van der Waals surface area contributed by atoms with Crippen molar-refractivity contribution >= 4 is 11.9 Å². The number of amides is 1. The Bertz CT molecular complexity index is 516. The largest absolute Gasteiger partial charge is 0.573 e. The van der Waals surface area contributed by atoms with Gasteiger partial charge in [-0.3, -0.25) is 9.59 Å². The van der Waals surface area contributed by atoms with E-state index < -0.39 is 41.8 Å². The lowest BCUT2D eigenvalue weighted by Gasteiger charge is -2.10. The fourth-order valence-corrected chi connectivity index (χ4v) is 1.25. The van der Waals surface area contributed by atoms with Crippen LogP contribution < -0.4 is 10.1 Å². The highest BCUT2D eigenvalue weighted by Crippen LogP contribution is 2.24. The van der Waals surface area contributed by atoms with Crippen LogP contribution in [0.4, 0.5) is 17.6 Å². The van der Waals surface area contributed by atoms with E-state index in [0.717, 1.165) is 6.07 Å². The third-order valence-electron chi connectivity index (χ3n) is 2.04. The fourth-order valence-electron chi connectivity index (χ4n) is 1.25. The molecule has 20 heavy (non-hydrogen) atoms. The Balaban J connectivity index is 2.80. The average molecular weight is 295 g/mol. The zero-order chi connectivity index (χ0) is 15.3. The number of carbonyl (C=O) groups is 2. The maximum Gasteiger partial charge on any atom is 0.573 e. The standard InChI is InChI=1S/C11H9F4NO4/c12-8-2-1-6(20-11(13,14)15)5-7(8)10(19)16-4-3-9(17)18/h1-2,5H,3-4H2,(H,16,19)(H,17,18). The molecule has 0 saturated carbocycles. The zero-order valence-electron chi connectivity index (χ0n) is 9.83. The number of halogens is 4. The highest BCUT2D eigenvalue weighted by Gasteiger charge is 2.31. The molecule has 5 nitrogen and oxygen atoms in total. The van der Waals surface area contributed by atoms with Gasteiger partial charge in [-0.05, 0) is 18.2 Å². The minimum Gasteiger partial charge on any atom is -0.481 e. The molecule has 0 aliphatic carbocycles. The van der Waals surface area contributed by atoms with Crippen molar-refractivity contribution in [1.29, 1.82) is 0 Å². The van der Waals surface area contributed by atoms with Gasteiger partial charge in [-0.15, -0.1) is 13.2 Å². The molecular weight excluding hydrogens is 286 g/mol. The molecule has 1 rings (SSSR count). The van der Waals surface area contributed by atoms with Crippen molar-refractivity contribution < 1.29 is 37.0 Å². The summed E-state index contributed by atoms with van der Waals surface area (Å²) in [4.78, 5) is 21.7. The molecule has 0 spiro atoms. The number of carboxylic acid groups (broad SMARTS) is 1. The third-order valence-corrected chi connectivity index (χ3v) is 2.04. The first-order chi connectivity index (χ1) is 9.19. The number of benzene rings is 1. The van der Waals surface area contributed by atoms with Crippen molar-refractivity contribution in [2.45, 2.75) is 12.8 Å². The summed E-state index contributed by atoms with van der Waals surface area (Å²) < 4.78 is 52.8. The van der Waals surface area contributed by atoms with Gasteiger partial charge in [0.15, 0.2) is 0 Å². The van der Waals surface area contributed by atoms with Crippen molar-refractivity contribution in [3.63, 3.8) is 0 Å². The van der Waals surface area contributed by atoms with Crippen molar-refractivity contribution in [3.8, 4) is 5.75 Å². The first kappa shape index (κ1) is 15.7. The number of carboxylic acids is 1. The van der Waals surface area contributed by atoms with E-state index in [1.165, 1.54) is 0 Å². The van der Waals surface area contributed by atoms with Gasteiger partial charge in [0.1, 0.15) is 11.6 Å². The molecule has 110 valence electrons. The van der Waals surface area contributed by atoms with Crippen molar-refractivity contribution in [2.75, 3.05) is 6.54 Å². The second-order valence-electron chi connectivity index (χ2n) is 3.59. The number of nitrogens with one attached hydrogen (secondary N) is 1. The molecule has 0 aromatic heterocycles. The SMILES string of the molecule is O=C(O)CCNC(=O)c1cc(OC(F)(F)F)ccc1F. The Labute approximate surface area is 110 Å². The second kappa shape index (κ2) is 6.22. The Hall–Kier alpha value is -2.32. The monoisotopic (exact) mass is 295 g/mol. The number of hydrogen-bond donors (Lipinski definition) is 2. The predicted octanol–water partition coefficient (Wildman–Crippen LogP) is 1.93. The molecule has 0 unspecified atom stereocenters. The maximum atomic E-state index is 13.3. The summed E-state index contributed by atoms with van der Waals surface area (Å²) in [7, 11) is 0. The second-order valence-corrected chi connectivity index (χ2v) is 3.59. The van der Waals surface area contributed by atoms with E-state index in [-0.39, 0.29) is 6.54 Å². The number of hydrogen-bond acceptors (Lipinski definition) is 3. The van der Waals surface area contributed by atoms with E-state index in [4.69, 9.17) is 5.11 Å². The van der Waals surface area contributed by atoms with Crippen molar-refractivity contribution in [1.82, 2.24) is 5.32 Å². The highest BCUT2D eigenvalue weighted by atomic mass is 19.4. The van der Waals surface area contributed by atoms with Crippen molar-refractivity contribution in [3.05, 3.63) is 29.6 Å². The summed E-state index contributed by atoms with van der Waals surface area (Å²) in [6, 6.07) is 1.95. The predicted molar refractivity (Wildman–Crippen MR) is 57.7 cm³/mol. The van der Waals surface area contributed by atoms with Gasteiger partial charge < -0.3 is 15.2 Å². The summed E-state index contributed by atoms with van der Waals surface area (Å²) in [6.07, 6.45) is -5.36. The molecular formula is C11H9F4NO4. The van der Waals surface area contributed by atoms with Crippen LogP contribution in [-0.4, -0.2) is 29.9 Å². The molecule has 0 aliphatic rings. The summed E-state index contributed by atoms with van der Waals surface area (Å²) in [5.41, 5.74) is -0.669. The molecule has 0 atom stereocenters. The lowest BCUT2D eigenvalue weighted by Crippen LogP contribution is -2.27. The van der Waals surface area contributed by atoms with Gasteiger partial charge in [0, 0.05) is 6.54 Å². The summed E-state index contributed by atoms with van der Waals surface area (Å²) in [5.74, 6) is -4.01. The molecule has 2 N–H and O–H groups in total. The van der Waals surface area contributed by atoms with Gasteiger partial charge in [-0.1, -0.05) is 0 Å². The molecule has 9 heteroatoms. The molecule has 0 bridgehead atoms. The van der Waals surface area contributed by atoms with Gasteiger partial charge in [0.05, 0.1) is 12.0 Å². The van der Waals surface area contributed by atoms with Crippen LogP contribution in [0.2, 0.25) is 0 Å². The van der Waals surface area contributed by atoms with Crippen LogP contribution in [0.5, 0.6) is 5.75 Å². The van der Waals surface area contributed by atoms with E-state index >= 15 is 0 Å². The Morgan fingerprint density at radius 3 is 2.50 bits per heavy atom. The summed E-state index contributed by atoms with van der Waals surface area (Å²) in [5, 5.41) is 10.4. The normalized spacial score (nSPS) is 11.0. The molecule has 1 aromatic carbocycles. The Morgan fingerprint density at radius 1 is 1.30 bits per heavy atom. The Kier molecular flexibility index (Phi) is 4.89. The third kappa shape index (κ3) is 5.12. The van der Waals surface area contributed by atoms with Crippen LogP contribution in [0.1, 0.15) is 16.8 Å². The van der Waals surface area contributed by atoms with Gasteiger partial charge in [-0.2, -0.15) is 0 Å². The lowest BCUT2D eigenvalue weighted by atomic mass is 10.2. The van der Waals surface area contributed by atoms with E-state index in [0.29, 0.717) is 12.1 Å². The number of ether oxygens (including phenoxy) is 1. The number of rotatable bonds is 5. The van der Waals surface area contributed by atoms with Crippen LogP contribution in [0.15, 0.2) is 18.2 Å². The van der Waals surface area contributed by atoms with Crippen molar-refractivity contribution in [2.24, 2.45) is 0 Å². The molecule has 0 heterocycles. The lowest BCUT2D eigenvalue weighted by molar-refractivity contribution is -0.274. The van der Waals surface area contributed by atoms with Gasteiger partial charge in [0.25, 0.3) is 5.91 Å². The molecule has 1 aromatic rings. The van der Waals surface area contributed by atoms with Gasteiger partial charge in [-0.25, -0.2) is 4.39 Å². The van der Waals surface area contributed by atoms with Crippen LogP contribution in [0.25, 0.3) is 0 Å². The average Bonchev–Trinajstić information content (AvgIpc) is 2.29. The quantitative estimate of drug-likeness (QED) is 0.814. The zero-order valence-corrected chi connectivity index (χ0v) is 9.83. The topological polar surface area (TPSA) is 75.6 Å². The number of aliphatic carboxylic acids is 1. The molecule has 0 saturated heterocycles. The maximum absolute atomic E-state index is 13.3. The van der Waals surface area contributed by atoms with Gasteiger partial charge in [0.2, 0.25) is 0 Å². The fraction of sp³-hybridized carbons (Fsp3) is 0.273. The Morgan fingerprint density at radius 2 is 1.95 bits per heavy atom. The minimum absolute atomic E-state index is 0.280. The van der Waals surface area contributed by atoms with Crippen LogP contribution in [-0.2, 0) is 4.79 Å². The molecule has 0 fully saturated rings. The van der Waals surface area contributed by atoms with E-state index in [9.17, 15) is 27.2 Å². The number of alkyl halides is 3. The molecule has 1 amide bonds. The van der Waals surface area contributed by atoms with E-state index in [1.807, 2.05) is 0 Å². The first-order valence-electron chi connectivity index (χ1n) is 5.24. The van der Waals surface area contributed by atoms with E-state index in [2.05, 4.69) is 10.1 Å². The van der Waals surface area contributed by atoms with Crippen LogP contribution in [0.3, 0.4) is 0 Å². The summed E-state index contributed by atoms with van der Waals surface area (Å²) >= 11 is 0. The van der Waals surface area contributed by atoms with Gasteiger partial charge >= 0.3 is 12.3 Å².